The van der Waals surface area contributed by atoms with Crippen LogP contribution in [0.4, 0.5) is 10.1 Å². The first-order chi connectivity index (χ1) is 21.1. The Kier molecular flexibility index (Phi) is 10.9. The van der Waals surface area contributed by atoms with Crippen molar-refractivity contribution in [2.75, 3.05) is 10.8 Å². The van der Waals surface area contributed by atoms with Crippen molar-refractivity contribution < 1.29 is 22.4 Å². The molecule has 2 amide bonds. The van der Waals surface area contributed by atoms with Crippen molar-refractivity contribution in [3.05, 3.63) is 132 Å². The van der Waals surface area contributed by atoms with E-state index in [1.165, 1.54) is 29.2 Å². The lowest BCUT2D eigenvalue weighted by Crippen LogP contribution is -2.54. The number of aryl methyl sites for hydroxylation is 1. The Morgan fingerprint density at radius 3 is 1.91 bits per heavy atom. The Labute approximate surface area is 259 Å². The average Bonchev–Trinajstić information content (AvgIpc) is 3.03. The van der Waals surface area contributed by atoms with E-state index < -0.39 is 34.3 Å². The topological polar surface area (TPSA) is 86.8 Å². The Hall–Kier alpha value is -4.50. The van der Waals surface area contributed by atoms with Crippen LogP contribution in [0.5, 0.6) is 0 Å². The average molecular weight is 616 g/mol. The number of benzene rings is 4. The van der Waals surface area contributed by atoms with Crippen LogP contribution in [0.2, 0.25) is 0 Å². The standard InChI is InChI=1S/C35H38FN3O4S/c1-4-27-17-21-31(22-18-27)39(44(42,43)32-13-9-6-10-14-32)25-34(40)38(24-29-15-19-30(36)20-16-29)33(35(41)37-26(2)3)23-28-11-7-5-8-12-28/h5-22,26,33H,4,23-25H2,1-3H3,(H,37,41)/t33-/m1/s1. The van der Waals surface area contributed by atoms with Gasteiger partial charge in [-0.25, -0.2) is 12.8 Å². The van der Waals surface area contributed by atoms with Gasteiger partial charge in [0.25, 0.3) is 10.0 Å². The van der Waals surface area contributed by atoms with Gasteiger partial charge < -0.3 is 10.2 Å². The third-order valence-electron chi connectivity index (χ3n) is 7.21. The fourth-order valence-electron chi connectivity index (χ4n) is 4.87. The van der Waals surface area contributed by atoms with Crippen LogP contribution < -0.4 is 9.62 Å². The van der Waals surface area contributed by atoms with Gasteiger partial charge in [-0.05, 0) is 73.4 Å². The maximum atomic E-state index is 14.4. The third kappa shape index (κ3) is 8.32. The molecule has 7 nitrogen and oxygen atoms in total. The molecular weight excluding hydrogens is 577 g/mol. The number of rotatable bonds is 13. The Bertz CT molecular complexity index is 1630. The molecule has 0 saturated carbocycles. The highest BCUT2D eigenvalue weighted by atomic mass is 32.2. The van der Waals surface area contributed by atoms with Crippen molar-refractivity contribution in [1.82, 2.24) is 10.2 Å². The minimum Gasteiger partial charge on any atom is -0.352 e. The fourth-order valence-corrected chi connectivity index (χ4v) is 6.30. The molecule has 9 heteroatoms. The first-order valence-electron chi connectivity index (χ1n) is 14.6. The molecule has 0 saturated heterocycles. The van der Waals surface area contributed by atoms with Crippen molar-refractivity contribution in [2.24, 2.45) is 0 Å². The second-order valence-electron chi connectivity index (χ2n) is 10.9. The van der Waals surface area contributed by atoms with Gasteiger partial charge in [0.15, 0.2) is 0 Å². The van der Waals surface area contributed by atoms with E-state index in [1.54, 1.807) is 42.5 Å². The lowest BCUT2D eigenvalue weighted by Gasteiger charge is -2.34. The summed E-state index contributed by atoms with van der Waals surface area (Å²) in [5, 5.41) is 2.92. The minimum atomic E-state index is -4.17. The van der Waals surface area contributed by atoms with Gasteiger partial charge in [-0.15, -0.1) is 0 Å². The monoisotopic (exact) mass is 615 g/mol. The van der Waals surface area contributed by atoms with Gasteiger partial charge in [-0.1, -0.05) is 79.7 Å². The van der Waals surface area contributed by atoms with Crippen LogP contribution >= 0.6 is 0 Å². The lowest BCUT2D eigenvalue weighted by molar-refractivity contribution is -0.140. The van der Waals surface area contributed by atoms with Crippen molar-refractivity contribution in [3.8, 4) is 0 Å². The maximum Gasteiger partial charge on any atom is 0.264 e. The lowest BCUT2D eigenvalue weighted by atomic mass is 10.0. The fraction of sp³-hybridized carbons (Fsp3) is 0.257. The Balaban J connectivity index is 1.79. The van der Waals surface area contributed by atoms with Gasteiger partial charge in [0, 0.05) is 19.0 Å². The highest BCUT2D eigenvalue weighted by Gasteiger charge is 2.34. The number of nitrogens with zero attached hydrogens (tertiary/aromatic N) is 2. The van der Waals surface area contributed by atoms with Gasteiger partial charge in [0.2, 0.25) is 11.8 Å². The summed E-state index contributed by atoms with van der Waals surface area (Å²) in [5.74, 6) is -1.38. The molecule has 0 aliphatic carbocycles. The molecule has 0 radical (unpaired) electrons. The zero-order valence-corrected chi connectivity index (χ0v) is 26.0. The molecule has 230 valence electrons. The van der Waals surface area contributed by atoms with E-state index in [0.29, 0.717) is 11.3 Å². The first kappa shape index (κ1) is 32.4. The minimum absolute atomic E-state index is 0.0316. The van der Waals surface area contributed by atoms with Crippen LogP contribution in [0.1, 0.15) is 37.5 Å². The van der Waals surface area contributed by atoms with E-state index in [2.05, 4.69) is 5.32 Å². The van der Waals surface area contributed by atoms with E-state index in [-0.39, 0.29) is 29.8 Å². The van der Waals surface area contributed by atoms with E-state index in [0.717, 1.165) is 21.9 Å². The number of anilines is 1. The zero-order chi connectivity index (χ0) is 31.7. The summed E-state index contributed by atoms with van der Waals surface area (Å²) >= 11 is 0. The summed E-state index contributed by atoms with van der Waals surface area (Å²) in [7, 11) is -4.17. The number of carbonyl (C=O) groups is 2. The highest BCUT2D eigenvalue weighted by Crippen LogP contribution is 2.26. The molecule has 0 aliphatic rings. The largest absolute Gasteiger partial charge is 0.352 e. The van der Waals surface area contributed by atoms with Gasteiger partial charge in [0.05, 0.1) is 10.6 Å². The van der Waals surface area contributed by atoms with Crippen LogP contribution in [-0.2, 0) is 39.0 Å². The van der Waals surface area contributed by atoms with Crippen molar-refractivity contribution in [2.45, 2.75) is 57.1 Å². The third-order valence-corrected chi connectivity index (χ3v) is 9.00. The van der Waals surface area contributed by atoms with E-state index in [1.807, 2.05) is 63.2 Å². The van der Waals surface area contributed by atoms with Crippen LogP contribution in [0.3, 0.4) is 0 Å². The molecule has 0 heterocycles. The van der Waals surface area contributed by atoms with Crippen LogP contribution in [0.25, 0.3) is 0 Å². The molecule has 0 aromatic heterocycles. The highest BCUT2D eigenvalue weighted by molar-refractivity contribution is 7.92. The molecule has 1 N–H and O–H groups in total. The van der Waals surface area contributed by atoms with Gasteiger partial charge in [-0.2, -0.15) is 0 Å². The summed E-state index contributed by atoms with van der Waals surface area (Å²) in [4.78, 5) is 29.5. The normalized spacial score (nSPS) is 12.0. The maximum absolute atomic E-state index is 14.4. The molecule has 0 fully saturated rings. The molecule has 44 heavy (non-hydrogen) atoms. The summed E-state index contributed by atoms with van der Waals surface area (Å²) in [6.07, 6.45) is 0.963. The quantitative estimate of drug-likeness (QED) is 0.208. The molecule has 4 aromatic carbocycles. The molecule has 4 rings (SSSR count). The van der Waals surface area contributed by atoms with E-state index >= 15 is 0 Å². The number of carbonyl (C=O) groups excluding carboxylic acids is 2. The number of sulfonamides is 1. The van der Waals surface area contributed by atoms with Crippen molar-refractivity contribution in [1.29, 1.82) is 0 Å². The molecule has 1 atom stereocenters. The first-order valence-corrected chi connectivity index (χ1v) is 16.1. The number of nitrogens with one attached hydrogen (secondary N) is 1. The molecule has 0 spiro atoms. The van der Waals surface area contributed by atoms with Crippen molar-refractivity contribution >= 4 is 27.5 Å². The molecule has 4 aromatic rings. The predicted octanol–water partition coefficient (Wildman–Crippen LogP) is 5.75. The second kappa shape index (κ2) is 14.8. The van der Waals surface area contributed by atoms with Crippen LogP contribution in [0, 0.1) is 5.82 Å². The van der Waals surface area contributed by atoms with Crippen LogP contribution in [0.15, 0.2) is 114 Å². The number of hydrogen-bond acceptors (Lipinski definition) is 4. The summed E-state index contributed by atoms with van der Waals surface area (Å²) in [6.45, 7) is 5.08. The number of hydrogen-bond donors (Lipinski definition) is 1. The van der Waals surface area contributed by atoms with Gasteiger partial charge in [0.1, 0.15) is 18.4 Å². The number of halogens is 1. The summed E-state index contributed by atoms with van der Waals surface area (Å²) in [6, 6.07) is 28.8. The predicted molar refractivity (Wildman–Crippen MR) is 171 cm³/mol. The molecule has 0 bridgehead atoms. The van der Waals surface area contributed by atoms with E-state index in [9.17, 15) is 22.4 Å². The Morgan fingerprint density at radius 1 is 0.773 bits per heavy atom. The smallest absolute Gasteiger partial charge is 0.264 e. The van der Waals surface area contributed by atoms with E-state index in [4.69, 9.17) is 0 Å². The van der Waals surface area contributed by atoms with Gasteiger partial charge in [-0.3, -0.25) is 13.9 Å². The molecule has 0 unspecified atom stereocenters. The van der Waals surface area contributed by atoms with Crippen molar-refractivity contribution in [3.63, 3.8) is 0 Å². The second-order valence-corrected chi connectivity index (χ2v) is 12.7. The molecule has 0 aliphatic heterocycles. The molecular formula is C35H38FN3O4S. The zero-order valence-electron chi connectivity index (χ0n) is 25.2. The van der Waals surface area contributed by atoms with Crippen LogP contribution in [-0.4, -0.2) is 43.8 Å². The number of amides is 2. The Morgan fingerprint density at radius 2 is 1.34 bits per heavy atom. The van der Waals surface area contributed by atoms with Gasteiger partial charge >= 0.3 is 0 Å². The SMILES string of the molecule is CCc1ccc(N(CC(=O)N(Cc2ccc(F)cc2)[C@H](Cc2ccccc2)C(=O)NC(C)C)S(=O)(=O)c2ccccc2)cc1. The summed E-state index contributed by atoms with van der Waals surface area (Å²) < 4.78 is 42.9. The summed E-state index contributed by atoms with van der Waals surface area (Å²) in [5.41, 5.74) is 2.77.